The zero-order valence-corrected chi connectivity index (χ0v) is 12.9. The lowest BCUT2D eigenvalue weighted by atomic mass is 10.2. The van der Waals surface area contributed by atoms with Crippen molar-refractivity contribution in [2.45, 2.75) is 32.5 Å². The van der Waals surface area contributed by atoms with Gasteiger partial charge in [0.1, 0.15) is 5.78 Å². The van der Waals surface area contributed by atoms with E-state index in [-0.39, 0.29) is 0 Å². The van der Waals surface area contributed by atoms with Crippen molar-refractivity contribution in [2.75, 3.05) is 20.3 Å². The molecule has 108 valence electrons. The zero-order chi connectivity index (χ0) is 14.1. The van der Waals surface area contributed by atoms with E-state index >= 15 is 0 Å². The van der Waals surface area contributed by atoms with Crippen molar-refractivity contribution >= 4 is 7.60 Å². The van der Waals surface area contributed by atoms with E-state index in [2.05, 4.69) is 5.32 Å². The second kappa shape index (κ2) is 8.49. The van der Waals surface area contributed by atoms with Crippen molar-refractivity contribution in [1.29, 1.82) is 0 Å². The molecule has 0 saturated heterocycles. The van der Waals surface area contributed by atoms with Crippen LogP contribution in [0.4, 0.5) is 0 Å². The summed E-state index contributed by atoms with van der Waals surface area (Å²) in [5.41, 5.74) is 0.917. The van der Waals surface area contributed by atoms with Crippen LogP contribution in [0.15, 0.2) is 30.3 Å². The Morgan fingerprint density at radius 1 is 1.11 bits per heavy atom. The molecule has 5 heteroatoms. The molecule has 1 rings (SSSR count). The van der Waals surface area contributed by atoms with Gasteiger partial charge in [-0.15, -0.1) is 0 Å². The van der Waals surface area contributed by atoms with Crippen LogP contribution in [0, 0.1) is 0 Å². The minimum Gasteiger partial charge on any atom is -0.307 e. The van der Waals surface area contributed by atoms with Crippen LogP contribution in [-0.2, 0) is 13.6 Å². The lowest BCUT2D eigenvalue weighted by Crippen LogP contribution is -2.19. The molecule has 0 aromatic heterocycles. The van der Waals surface area contributed by atoms with E-state index in [1.165, 1.54) is 0 Å². The molecule has 0 amide bonds. The Kier molecular flexibility index (Phi) is 7.32. The van der Waals surface area contributed by atoms with E-state index in [1.54, 1.807) is 7.05 Å². The largest absolute Gasteiger partial charge is 0.351 e. The van der Waals surface area contributed by atoms with Gasteiger partial charge in [-0.2, -0.15) is 0 Å². The van der Waals surface area contributed by atoms with Crippen LogP contribution < -0.4 is 5.32 Å². The fraction of sp³-hybridized carbons (Fsp3) is 0.571. The summed E-state index contributed by atoms with van der Waals surface area (Å²) in [5.74, 6) is -0.424. The number of hydrogen-bond donors (Lipinski definition) is 1. The van der Waals surface area contributed by atoms with Gasteiger partial charge in [0.05, 0.1) is 13.2 Å². The van der Waals surface area contributed by atoms with Gasteiger partial charge in [-0.1, -0.05) is 44.2 Å². The summed E-state index contributed by atoms with van der Waals surface area (Å²) < 4.78 is 24.1. The summed E-state index contributed by atoms with van der Waals surface area (Å²) in [7, 11) is -1.42. The predicted molar refractivity (Wildman–Crippen MR) is 78.3 cm³/mol. The molecule has 1 N–H and O–H groups in total. The first-order chi connectivity index (χ1) is 9.18. The summed E-state index contributed by atoms with van der Waals surface area (Å²) in [6.45, 7) is 4.85. The van der Waals surface area contributed by atoms with Crippen molar-refractivity contribution in [3.63, 3.8) is 0 Å². The number of rotatable bonds is 9. The molecule has 0 aliphatic rings. The Labute approximate surface area is 116 Å². The Bertz CT molecular complexity index is 385. The average Bonchev–Trinajstić information content (AvgIpc) is 2.45. The number of nitrogens with one attached hydrogen (secondary N) is 1. The van der Waals surface area contributed by atoms with Gasteiger partial charge in [-0.25, -0.2) is 0 Å². The third kappa shape index (κ3) is 4.73. The number of hydrogen-bond acceptors (Lipinski definition) is 4. The molecule has 0 spiro atoms. The molecule has 1 aromatic carbocycles. The monoisotopic (exact) mass is 285 g/mol. The van der Waals surface area contributed by atoms with E-state index in [9.17, 15) is 4.57 Å². The summed E-state index contributed by atoms with van der Waals surface area (Å²) in [5, 5.41) is 3.06. The standard InChI is InChI=1S/C14H24NO3P/c1-4-11-17-19(16,18-12-5-2)14(15-3)13-9-7-6-8-10-13/h6-10,14-15H,4-5,11-12H2,1-3H3. The Balaban J connectivity index is 2.95. The fourth-order valence-corrected chi connectivity index (χ4v) is 3.87. The molecule has 4 nitrogen and oxygen atoms in total. The van der Waals surface area contributed by atoms with Gasteiger partial charge in [0, 0.05) is 0 Å². The molecule has 0 fully saturated rings. The van der Waals surface area contributed by atoms with Crippen molar-refractivity contribution in [1.82, 2.24) is 5.32 Å². The molecule has 0 heterocycles. The van der Waals surface area contributed by atoms with Gasteiger partial charge in [0.15, 0.2) is 0 Å². The molecule has 0 radical (unpaired) electrons. The fourth-order valence-electron chi connectivity index (χ4n) is 1.77. The highest BCUT2D eigenvalue weighted by molar-refractivity contribution is 7.54. The second-order valence-electron chi connectivity index (χ2n) is 4.31. The van der Waals surface area contributed by atoms with E-state index in [4.69, 9.17) is 9.05 Å². The Morgan fingerprint density at radius 3 is 2.05 bits per heavy atom. The summed E-state index contributed by atoms with van der Waals surface area (Å²) in [6.07, 6.45) is 1.62. The van der Waals surface area contributed by atoms with Crippen molar-refractivity contribution in [2.24, 2.45) is 0 Å². The van der Waals surface area contributed by atoms with E-state index in [0.29, 0.717) is 13.2 Å². The molecule has 0 bridgehead atoms. The van der Waals surface area contributed by atoms with Gasteiger partial charge in [-0.05, 0) is 25.5 Å². The van der Waals surface area contributed by atoms with Crippen LogP contribution in [0.25, 0.3) is 0 Å². The molecule has 19 heavy (non-hydrogen) atoms. The lowest BCUT2D eigenvalue weighted by Gasteiger charge is -2.26. The van der Waals surface area contributed by atoms with Crippen LogP contribution in [0.2, 0.25) is 0 Å². The van der Waals surface area contributed by atoms with Gasteiger partial charge in [0.2, 0.25) is 0 Å². The van der Waals surface area contributed by atoms with Crippen LogP contribution in [0.1, 0.15) is 38.0 Å². The summed E-state index contributed by atoms with van der Waals surface area (Å²) in [6, 6.07) is 9.63. The van der Waals surface area contributed by atoms with Crippen LogP contribution in [0.5, 0.6) is 0 Å². The Morgan fingerprint density at radius 2 is 1.63 bits per heavy atom. The number of benzene rings is 1. The quantitative estimate of drug-likeness (QED) is 0.698. The normalized spacial score (nSPS) is 13.4. The van der Waals surface area contributed by atoms with Crippen molar-refractivity contribution in [3.8, 4) is 0 Å². The highest BCUT2D eigenvalue weighted by Crippen LogP contribution is 2.59. The highest BCUT2D eigenvalue weighted by Gasteiger charge is 2.35. The third-order valence-electron chi connectivity index (χ3n) is 2.66. The maximum Gasteiger partial charge on any atom is 0.351 e. The maximum atomic E-state index is 13.0. The molecule has 1 atom stereocenters. The van der Waals surface area contributed by atoms with Gasteiger partial charge in [-0.3, -0.25) is 4.57 Å². The smallest absolute Gasteiger partial charge is 0.307 e. The molecule has 0 saturated carbocycles. The van der Waals surface area contributed by atoms with E-state index < -0.39 is 13.4 Å². The van der Waals surface area contributed by atoms with Crippen molar-refractivity contribution < 1.29 is 13.6 Å². The Hall–Kier alpha value is -0.670. The van der Waals surface area contributed by atoms with Crippen LogP contribution in [-0.4, -0.2) is 20.3 Å². The highest BCUT2D eigenvalue weighted by atomic mass is 31.2. The summed E-state index contributed by atoms with van der Waals surface area (Å²) in [4.78, 5) is 0. The molecule has 0 aliphatic carbocycles. The molecular weight excluding hydrogens is 261 g/mol. The van der Waals surface area contributed by atoms with E-state index in [0.717, 1.165) is 18.4 Å². The molecule has 1 aromatic rings. The molecular formula is C14H24NO3P. The SMILES string of the molecule is CCCOP(=O)(OCCC)C(NC)c1ccccc1. The minimum absolute atomic E-state index is 0.424. The van der Waals surface area contributed by atoms with Gasteiger partial charge in [0.25, 0.3) is 0 Å². The minimum atomic E-state index is -3.20. The lowest BCUT2D eigenvalue weighted by molar-refractivity contribution is 0.194. The molecule has 0 aliphatic heterocycles. The first-order valence-electron chi connectivity index (χ1n) is 6.79. The summed E-state index contributed by atoms with van der Waals surface area (Å²) >= 11 is 0. The van der Waals surface area contributed by atoms with Crippen LogP contribution >= 0.6 is 7.60 Å². The molecule has 1 unspecified atom stereocenters. The van der Waals surface area contributed by atoms with Crippen LogP contribution in [0.3, 0.4) is 0 Å². The first kappa shape index (κ1) is 16.4. The topological polar surface area (TPSA) is 47.6 Å². The maximum absolute atomic E-state index is 13.0. The zero-order valence-electron chi connectivity index (χ0n) is 12.0. The van der Waals surface area contributed by atoms with E-state index in [1.807, 2.05) is 44.2 Å². The van der Waals surface area contributed by atoms with Crippen molar-refractivity contribution in [3.05, 3.63) is 35.9 Å². The predicted octanol–water partition coefficient (Wildman–Crippen LogP) is 3.95. The van der Waals surface area contributed by atoms with Gasteiger partial charge >= 0.3 is 7.60 Å². The first-order valence-corrected chi connectivity index (χ1v) is 8.40. The third-order valence-corrected chi connectivity index (χ3v) is 4.93. The second-order valence-corrected chi connectivity index (χ2v) is 6.42. The van der Waals surface area contributed by atoms with Gasteiger partial charge < -0.3 is 14.4 Å². The average molecular weight is 285 g/mol.